The van der Waals surface area contributed by atoms with Crippen molar-refractivity contribution in [2.45, 2.75) is 45.4 Å². The zero-order valence-corrected chi connectivity index (χ0v) is 24.6. The maximum atomic E-state index is 13.4. The molecule has 0 bridgehead atoms. The standard InChI is InChI=1S/C31H37N7O5/c1-20(39)37(18-21-3-4-21)25-13-24(30(40)34-27-7-10-36(2)35-27)14-26(15-25)43-29-17-32-28(16-33-29)38(19-22-5-6-22)31(41)23-8-11-42-12-9-23/h7,10,13-17,21-23H,3-6,8-9,11-12,18-19H2,1-2H3,(H,34,35,40). The second-order valence-electron chi connectivity index (χ2n) is 11.7. The van der Waals surface area contributed by atoms with Gasteiger partial charge in [0, 0.05) is 75.8 Å². The zero-order valence-electron chi connectivity index (χ0n) is 24.6. The summed E-state index contributed by atoms with van der Waals surface area (Å²) in [6.45, 7) is 3.91. The Bertz CT molecular complexity index is 1480. The van der Waals surface area contributed by atoms with Crippen LogP contribution in [0.15, 0.2) is 42.9 Å². The summed E-state index contributed by atoms with van der Waals surface area (Å²) >= 11 is 0. The molecular weight excluding hydrogens is 550 g/mol. The van der Waals surface area contributed by atoms with Crippen molar-refractivity contribution in [2.24, 2.45) is 24.8 Å². The van der Waals surface area contributed by atoms with Gasteiger partial charge < -0.3 is 19.7 Å². The number of carbonyl (C=O) groups excluding carboxylic acids is 3. The Balaban J connectivity index is 1.24. The Labute approximate surface area is 250 Å². The molecule has 226 valence electrons. The SMILES string of the molecule is CC(=O)N(CC1CC1)c1cc(Oc2cnc(N(CC3CC3)C(=O)C3CCOCC3)cn2)cc(C(=O)Nc2ccn(C)n2)c1. The normalized spacial score (nSPS) is 16.9. The number of benzene rings is 1. The highest BCUT2D eigenvalue weighted by Crippen LogP contribution is 2.35. The Morgan fingerprint density at radius 1 is 0.977 bits per heavy atom. The lowest BCUT2D eigenvalue weighted by molar-refractivity contribution is -0.125. The van der Waals surface area contributed by atoms with Crippen molar-refractivity contribution in [1.82, 2.24) is 19.7 Å². The summed E-state index contributed by atoms with van der Waals surface area (Å²) in [7, 11) is 1.77. The highest BCUT2D eigenvalue weighted by atomic mass is 16.5. The number of hydrogen-bond donors (Lipinski definition) is 1. The second-order valence-corrected chi connectivity index (χ2v) is 11.7. The minimum absolute atomic E-state index is 0.0643. The van der Waals surface area contributed by atoms with E-state index in [0.29, 0.717) is 79.6 Å². The molecule has 0 unspecified atom stereocenters. The van der Waals surface area contributed by atoms with E-state index in [1.807, 2.05) is 0 Å². The summed E-state index contributed by atoms with van der Waals surface area (Å²) in [4.78, 5) is 51.7. The number of aryl methyl sites for hydroxylation is 1. The average Bonchev–Trinajstić information content (AvgIpc) is 3.95. The number of hydrogen-bond acceptors (Lipinski definition) is 8. The van der Waals surface area contributed by atoms with E-state index in [4.69, 9.17) is 9.47 Å². The van der Waals surface area contributed by atoms with Crippen LogP contribution in [0.1, 0.15) is 55.8 Å². The first-order valence-corrected chi connectivity index (χ1v) is 15.0. The highest BCUT2D eigenvalue weighted by molar-refractivity contribution is 6.05. The van der Waals surface area contributed by atoms with Gasteiger partial charge in [-0.15, -0.1) is 0 Å². The molecule has 2 saturated carbocycles. The molecule has 3 aliphatic rings. The van der Waals surface area contributed by atoms with Crippen LogP contribution in [-0.2, 0) is 21.4 Å². The minimum atomic E-state index is -0.385. The molecule has 3 aromatic rings. The van der Waals surface area contributed by atoms with Crippen molar-refractivity contribution in [3.63, 3.8) is 0 Å². The van der Waals surface area contributed by atoms with Crippen LogP contribution in [0.5, 0.6) is 11.6 Å². The third-order valence-corrected chi connectivity index (χ3v) is 8.03. The average molecular weight is 588 g/mol. The molecule has 3 heterocycles. The molecule has 43 heavy (non-hydrogen) atoms. The maximum Gasteiger partial charge on any atom is 0.257 e. The van der Waals surface area contributed by atoms with Crippen molar-refractivity contribution in [3.8, 4) is 11.6 Å². The number of nitrogens with one attached hydrogen (secondary N) is 1. The fourth-order valence-corrected chi connectivity index (χ4v) is 5.22. The van der Waals surface area contributed by atoms with Crippen molar-refractivity contribution in [1.29, 1.82) is 0 Å². The van der Waals surface area contributed by atoms with Crippen LogP contribution in [0.2, 0.25) is 0 Å². The molecule has 1 aliphatic heterocycles. The first-order chi connectivity index (χ1) is 20.8. The summed E-state index contributed by atoms with van der Waals surface area (Å²) < 4.78 is 13.1. The summed E-state index contributed by atoms with van der Waals surface area (Å²) in [6, 6.07) is 6.71. The number of aromatic nitrogens is 4. The van der Waals surface area contributed by atoms with E-state index in [0.717, 1.165) is 25.7 Å². The van der Waals surface area contributed by atoms with Gasteiger partial charge in [0.15, 0.2) is 11.6 Å². The molecule has 2 aliphatic carbocycles. The molecule has 0 spiro atoms. The molecule has 2 aromatic heterocycles. The van der Waals surface area contributed by atoms with Crippen LogP contribution in [0.3, 0.4) is 0 Å². The lowest BCUT2D eigenvalue weighted by Crippen LogP contribution is -2.40. The van der Waals surface area contributed by atoms with Crippen LogP contribution in [-0.4, -0.2) is 63.8 Å². The van der Waals surface area contributed by atoms with Crippen molar-refractivity contribution in [3.05, 3.63) is 48.4 Å². The zero-order chi connectivity index (χ0) is 29.9. The van der Waals surface area contributed by atoms with Gasteiger partial charge in [0.25, 0.3) is 5.91 Å². The number of anilines is 3. The van der Waals surface area contributed by atoms with Gasteiger partial charge in [-0.1, -0.05) is 0 Å². The van der Waals surface area contributed by atoms with E-state index in [9.17, 15) is 14.4 Å². The Morgan fingerprint density at radius 3 is 2.30 bits per heavy atom. The Morgan fingerprint density at radius 2 is 1.70 bits per heavy atom. The number of ether oxygens (including phenoxy) is 2. The quantitative estimate of drug-likeness (QED) is 0.353. The van der Waals surface area contributed by atoms with Crippen LogP contribution in [0.4, 0.5) is 17.3 Å². The van der Waals surface area contributed by atoms with Gasteiger partial charge in [0.1, 0.15) is 5.75 Å². The number of amides is 3. The third-order valence-electron chi connectivity index (χ3n) is 8.03. The number of nitrogens with zero attached hydrogens (tertiary/aromatic N) is 6. The monoisotopic (exact) mass is 587 g/mol. The molecule has 0 atom stereocenters. The predicted molar refractivity (Wildman–Crippen MR) is 159 cm³/mol. The van der Waals surface area contributed by atoms with Crippen molar-refractivity contribution in [2.75, 3.05) is 41.4 Å². The van der Waals surface area contributed by atoms with Crippen LogP contribution in [0.25, 0.3) is 0 Å². The first kappa shape index (κ1) is 28.8. The molecule has 12 nitrogen and oxygen atoms in total. The largest absolute Gasteiger partial charge is 0.437 e. The summed E-state index contributed by atoms with van der Waals surface area (Å²) in [6.07, 6.45) is 10.6. The van der Waals surface area contributed by atoms with Gasteiger partial charge >= 0.3 is 0 Å². The lowest BCUT2D eigenvalue weighted by Gasteiger charge is -2.28. The predicted octanol–water partition coefficient (Wildman–Crippen LogP) is 4.19. The molecule has 12 heteroatoms. The van der Waals surface area contributed by atoms with E-state index < -0.39 is 0 Å². The van der Waals surface area contributed by atoms with Gasteiger partial charge in [0.2, 0.25) is 17.7 Å². The van der Waals surface area contributed by atoms with E-state index in [1.165, 1.54) is 13.1 Å². The number of carbonyl (C=O) groups is 3. The highest BCUT2D eigenvalue weighted by Gasteiger charge is 2.33. The third kappa shape index (κ3) is 7.37. The molecule has 3 fully saturated rings. The molecule has 1 aromatic carbocycles. The van der Waals surface area contributed by atoms with Crippen LogP contribution < -0.4 is 19.9 Å². The fourth-order valence-electron chi connectivity index (χ4n) is 5.22. The second kappa shape index (κ2) is 12.5. The number of rotatable bonds is 11. The first-order valence-electron chi connectivity index (χ1n) is 15.0. The van der Waals surface area contributed by atoms with Crippen molar-refractivity contribution < 1.29 is 23.9 Å². The van der Waals surface area contributed by atoms with E-state index in [-0.39, 0.29) is 29.5 Å². The van der Waals surface area contributed by atoms with Crippen molar-refractivity contribution >= 4 is 35.0 Å². The molecular formula is C31H37N7O5. The molecule has 1 saturated heterocycles. The van der Waals surface area contributed by atoms with Gasteiger partial charge in [-0.2, -0.15) is 5.10 Å². The molecule has 1 N–H and O–H groups in total. The summed E-state index contributed by atoms with van der Waals surface area (Å²) in [5.41, 5.74) is 0.868. The van der Waals surface area contributed by atoms with Crippen LogP contribution >= 0.6 is 0 Å². The van der Waals surface area contributed by atoms with E-state index in [2.05, 4.69) is 20.4 Å². The van der Waals surface area contributed by atoms with Gasteiger partial charge in [-0.05, 0) is 62.5 Å². The fraction of sp³-hybridized carbons (Fsp3) is 0.484. The molecule has 3 amide bonds. The van der Waals surface area contributed by atoms with E-state index >= 15 is 0 Å². The summed E-state index contributed by atoms with van der Waals surface area (Å²) in [5.74, 6) is 1.86. The lowest BCUT2D eigenvalue weighted by atomic mass is 9.98. The van der Waals surface area contributed by atoms with Gasteiger partial charge in [0.05, 0.1) is 12.4 Å². The van der Waals surface area contributed by atoms with Gasteiger partial charge in [-0.3, -0.25) is 24.0 Å². The maximum absolute atomic E-state index is 13.4. The Kier molecular flexibility index (Phi) is 8.37. The minimum Gasteiger partial charge on any atom is -0.437 e. The van der Waals surface area contributed by atoms with Gasteiger partial charge in [-0.25, -0.2) is 9.97 Å². The Hall–Kier alpha value is -4.32. The molecule has 6 rings (SSSR count). The van der Waals surface area contributed by atoms with Crippen LogP contribution in [0, 0.1) is 17.8 Å². The van der Waals surface area contributed by atoms with E-state index in [1.54, 1.807) is 58.2 Å². The summed E-state index contributed by atoms with van der Waals surface area (Å²) in [5, 5.41) is 7.02. The topological polar surface area (TPSA) is 132 Å². The molecule has 0 radical (unpaired) electrons. The smallest absolute Gasteiger partial charge is 0.257 e.